The number of para-hydroxylation sites is 1. The van der Waals surface area contributed by atoms with Crippen LogP contribution in [0.15, 0.2) is 42.5 Å². The SMILES string of the molecule is Cc1ccc(C(=O)CCC(=O)N2CCN(c3cc(C)c4cccc(C)c4n3)CC2)cc1C. The highest BCUT2D eigenvalue weighted by molar-refractivity contribution is 5.98. The average Bonchev–Trinajstić information content (AvgIpc) is 2.79. The molecule has 1 aliphatic heterocycles. The highest BCUT2D eigenvalue weighted by Gasteiger charge is 2.23. The summed E-state index contributed by atoms with van der Waals surface area (Å²) in [7, 11) is 0. The molecular weight excluding hydrogens is 398 g/mol. The van der Waals surface area contributed by atoms with Crippen molar-refractivity contribution < 1.29 is 9.59 Å². The van der Waals surface area contributed by atoms with E-state index in [9.17, 15) is 9.59 Å². The summed E-state index contributed by atoms with van der Waals surface area (Å²) in [6, 6.07) is 14.2. The molecule has 32 heavy (non-hydrogen) atoms. The first-order valence-electron chi connectivity index (χ1n) is 11.3. The van der Waals surface area contributed by atoms with Gasteiger partial charge in [0.05, 0.1) is 5.52 Å². The van der Waals surface area contributed by atoms with Gasteiger partial charge >= 0.3 is 0 Å². The van der Waals surface area contributed by atoms with E-state index in [2.05, 4.69) is 43.0 Å². The zero-order valence-electron chi connectivity index (χ0n) is 19.4. The standard InChI is InChI=1S/C27H31N3O2/c1-18-8-9-22(16-20(18)3)24(31)10-11-26(32)30-14-12-29(13-15-30)25-17-21(4)23-7-5-6-19(2)27(23)28-25/h5-9,16-17H,10-15H2,1-4H3. The lowest BCUT2D eigenvalue weighted by Gasteiger charge is -2.35. The summed E-state index contributed by atoms with van der Waals surface area (Å²) in [6.45, 7) is 11.1. The average molecular weight is 430 g/mol. The van der Waals surface area contributed by atoms with Crippen LogP contribution in [0.2, 0.25) is 0 Å². The van der Waals surface area contributed by atoms with E-state index in [0.29, 0.717) is 18.7 Å². The minimum absolute atomic E-state index is 0.0336. The van der Waals surface area contributed by atoms with Crippen molar-refractivity contribution in [1.29, 1.82) is 0 Å². The maximum Gasteiger partial charge on any atom is 0.223 e. The summed E-state index contributed by atoms with van der Waals surface area (Å²) in [5.74, 6) is 1.06. The summed E-state index contributed by atoms with van der Waals surface area (Å²) >= 11 is 0. The topological polar surface area (TPSA) is 53.5 Å². The van der Waals surface area contributed by atoms with Crippen molar-refractivity contribution >= 4 is 28.4 Å². The third-order valence-corrected chi connectivity index (χ3v) is 6.59. The summed E-state index contributed by atoms with van der Waals surface area (Å²) in [5, 5.41) is 1.19. The smallest absolute Gasteiger partial charge is 0.223 e. The lowest BCUT2D eigenvalue weighted by atomic mass is 10.0. The predicted molar refractivity (Wildman–Crippen MR) is 129 cm³/mol. The number of ketones is 1. The van der Waals surface area contributed by atoms with Crippen LogP contribution < -0.4 is 4.90 Å². The summed E-state index contributed by atoms with van der Waals surface area (Å²) in [4.78, 5) is 34.3. The number of pyridine rings is 1. The maximum absolute atomic E-state index is 12.7. The zero-order valence-corrected chi connectivity index (χ0v) is 19.4. The van der Waals surface area contributed by atoms with Gasteiger partial charge in [0.25, 0.3) is 0 Å². The van der Waals surface area contributed by atoms with Crippen LogP contribution in [0.25, 0.3) is 10.9 Å². The molecule has 2 heterocycles. The largest absolute Gasteiger partial charge is 0.353 e. The van der Waals surface area contributed by atoms with Crippen molar-refractivity contribution in [3.8, 4) is 0 Å². The molecule has 2 aromatic carbocycles. The van der Waals surface area contributed by atoms with E-state index < -0.39 is 0 Å². The van der Waals surface area contributed by atoms with Gasteiger partial charge in [-0.2, -0.15) is 0 Å². The molecule has 1 fully saturated rings. The Morgan fingerprint density at radius 2 is 1.56 bits per heavy atom. The quantitative estimate of drug-likeness (QED) is 0.548. The molecule has 0 saturated carbocycles. The van der Waals surface area contributed by atoms with Gasteiger partial charge in [-0.15, -0.1) is 0 Å². The Bertz CT molecular complexity index is 1180. The molecule has 4 rings (SSSR count). The third-order valence-electron chi connectivity index (χ3n) is 6.59. The van der Waals surface area contributed by atoms with Crippen molar-refractivity contribution in [2.45, 2.75) is 40.5 Å². The van der Waals surface area contributed by atoms with Crippen LogP contribution in [0.1, 0.15) is 45.5 Å². The lowest BCUT2D eigenvalue weighted by Crippen LogP contribution is -2.49. The van der Waals surface area contributed by atoms with Crippen LogP contribution in [0.5, 0.6) is 0 Å². The van der Waals surface area contributed by atoms with Gasteiger partial charge in [0.15, 0.2) is 5.78 Å². The second kappa shape index (κ2) is 9.11. The first-order valence-corrected chi connectivity index (χ1v) is 11.3. The van der Waals surface area contributed by atoms with Crippen molar-refractivity contribution in [3.63, 3.8) is 0 Å². The Labute approximate surface area is 190 Å². The van der Waals surface area contributed by atoms with E-state index in [1.165, 1.54) is 22.1 Å². The van der Waals surface area contributed by atoms with Gasteiger partial charge in [-0.1, -0.05) is 30.3 Å². The van der Waals surface area contributed by atoms with Gasteiger partial charge < -0.3 is 9.80 Å². The molecule has 0 N–H and O–H groups in total. The predicted octanol–water partition coefficient (Wildman–Crippen LogP) is 4.78. The Kier molecular flexibility index (Phi) is 6.26. The van der Waals surface area contributed by atoms with E-state index >= 15 is 0 Å². The van der Waals surface area contributed by atoms with E-state index in [0.717, 1.165) is 30.0 Å². The van der Waals surface area contributed by atoms with Gasteiger partial charge in [-0.3, -0.25) is 9.59 Å². The number of carbonyl (C=O) groups is 2. The molecule has 3 aromatic rings. The van der Waals surface area contributed by atoms with Crippen LogP contribution >= 0.6 is 0 Å². The van der Waals surface area contributed by atoms with Crippen LogP contribution in [0.4, 0.5) is 5.82 Å². The molecule has 0 aliphatic carbocycles. The number of fused-ring (bicyclic) bond motifs is 1. The number of hydrogen-bond donors (Lipinski definition) is 0. The van der Waals surface area contributed by atoms with E-state index in [1.807, 2.05) is 36.9 Å². The Hall–Kier alpha value is -3.21. The third kappa shape index (κ3) is 4.52. The molecule has 0 atom stereocenters. The zero-order chi connectivity index (χ0) is 22.8. The number of benzene rings is 2. The first-order chi connectivity index (χ1) is 15.3. The van der Waals surface area contributed by atoms with Gasteiger partial charge in [0.2, 0.25) is 5.91 Å². The van der Waals surface area contributed by atoms with E-state index in [-0.39, 0.29) is 24.5 Å². The number of carbonyl (C=O) groups excluding carboxylic acids is 2. The van der Waals surface area contributed by atoms with Crippen molar-refractivity contribution in [1.82, 2.24) is 9.88 Å². The van der Waals surface area contributed by atoms with Gasteiger partial charge in [-0.25, -0.2) is 4.98 Å². The molecule has 5 heteroatoms. The van der Waals surface area contributed by atoms with Crippen LogP contribution in [-0.4, -0.2) is 47.8 Å². The second-order valence-electron chi connectivity index (χ2n) is 8.86. The molecule has 0 bridgehead atoms. The highest BCUT2D eigenvalue weighted by Crippen LogP contribution is 2.25. The monoisotopic (exact) mass is 429 g/mol. The molecule has 166 valence electrons. The number of hydrogen-bond acceptors (Lipinski definition) is 4. The minimum Gasteiger partial charge on any atom is -0.353 e. The molecule has 1 amide bonds. The normalized spacial score (nSPS) is 14.1. The number of aromatic nitrogens is 1. The number of Topliss-reactive ketones (excluding diaryl/α,β-unsaturated/α-hetero) is 1. The first kappa shape index (κ1) is 22.0. The number of rotatable bonds is 5. The Morgan fingerprint density at radius 3 is 2.28 bits per heavy atom. The lowest BCUT2D eigenvalue weighted by molar-refractivity contribution is -0.131. The van der Waals surface area contributed by atoms with Gasteiger partial charge in [0.1, 0.15) is 5.82 Å². The molecule has 1 aromatic heterocycles. The van der Waals surface area contributed by atoms with Crippen LogP contribution in [-0.2, 0) is 4.79 Å². The fourth-order valence-corrected chi connectivity index (χ4v) is 4.33. The van der Waals surface area contributed by atoms with Crippen molar-refractivity contribution in [2.24, 2.45) is 0 Å². The number of amides is 1. The number of aryl methyl sites for hydroxylation is 4. The fourth-order valence-electron chi connectivity index (χ4n) is 4.33. The second-order valence-corrected chi connectivity index (χ2v) is 8.86. The molecule has 0 radical (unpaired) electrons. The van der Waals surface area contributed by atoms with E-state index in [1.54, 1.807) is 0 Å². The van der Waals surface area contributed by atoms with Gasteiger partial charge in [-0.05, 0) is 62.1 Å². The summed E-state index contributed by atoms with van der Waals surface area (Å²) in [5.41, 5.74) is 6.41. The molecule has 5 nitrogen and oxygen atoms in total. The molecular formula is C27H31N3O2. The molecule has 0 unspecified atom stereocenters. The molecule has 0 spiro atoms. The number of nitrogens with zero attached hydrogens (tertiary/aromatic N) is 3. The van der Waals surface area contributed by atoms with Crippen molar-refractivity contribution in [2.75, 3.05) is 31.1 Å². The number of piperazine rings is 1. The van der Waals surface area contributed by atoms with E-state index in [4.69, 9.17) is 4.98 Å². The Morgan fingerprint density at radius 1 is 0.812 bits per heavy atom. The molecule has 1 aliphatic rings. The molecule has 1 saturated heterocycles. The summed E-state index contributed by atoms with van der Waals surface area (Å²) < 4.78 is 0. The number of anilines is 1. The van der Waals surface area contributed by atoms with Crippen LogP contribution in [0.3, 0.4) is 0 Å². The highest BCUT2D eigenvalue weighted by atomic mass is 16.2. The minimum atomic E-state index is 0.0336. The maximum atomic E-state index is 12.7. The van der Waals surface area contributed by atoms with Crippen LogP contribution in [0, 0.1) is 27.7 Å². The van der Waals surface area contributed by atoms with Gasteiger partial charge in [0, 0.05) is 50.0 Å². The van der Waals surface area contributed by atoms with Crippen molar-refractivity contribution in [3.05, 3.63) is 70.3 Å². The fraction of sp³-hybridized carbons (Fsp3) is 0.370. The Balaban J connectivity index is 1.35. The summed E-state index contributed by atoms with van der Waals surface area (Å²) in [6.07, 6.45) is 0.518.